The molecule has 108 valence electrons. The maximum absolute atomic E-state index is 4.64. The summed E-state index contributed by atoms with van der Waals surface area (Å²) < 4.78 is 1.94. The van der Waals surface area contributed by atoms with Crippen LogP contribution in [0.2, 0.25) is 0 Å². The summed E-state index contributed by atoms with van der Waals surface area (Å²) in [6.45, 7) is 7.26. The third kappa shape index (κ3) is 3.31. The van der Waals surface area contributed by atoms with Crippen LogP contribution in [-0.2, 0) is 6.54 Å². The standard InChI is InChI=1S/C18H21N3/c1-18(2,3)19-13-16-10-11-21(20-16)17-9-8-14-6-4-5-7-15(14)12-17/h4-12,19H,13H2,1-3H3. The Morgan fingerprint density at radius 3 is 2.52 bits per heavy atom. The van der Waals surface area contributed by atoms with Gasteiger partial charge in [-0.05, 0) is 49.7 Å². The fraction of sp³-hybridized carbons (Fsp3) is 0.278. The van der Waals surface area contributed by atoms with Gasteiger partial charge in [0.25, 0.3) is 0 Å². The van der Waals surface area contributed by atoms with Crippen molar-refractivity contribution in [2.75, 3.05) is 0 Å². The lowest BCUT2D eigenvalue weighted by molar-refractivity contribution is 0.420. The average molecular weight is 279 g/mol. The van der Waals surface area contributed by atoms with E-state index in [1.807, 2.05) is 10.9 Å². The maximum Gasteiger partial charge on any atom is 0.0767 e. The first-order valence-corrected chi connectivity index (χ1v) is 7.30. The van der Waals surface area contributed by atoms with Gasteiger partial charge in [-0.3, -0.25) is 0 Å². The Bertz CT molecular complexity index is 750. The summed E-state index contributed by atoms with van der Waals surface area (Å²) in [5, 5.41) is 10.6. The zero-order chi connectivity index (χ0) is 14.9. The molecule has 21 heavy (non-hydrogen) atoms. The molecule has 1 aromatic heterocycles. The van der Waals surface area contributed by atoms with Gasteiger partial charge in [-0.2, -0.15) is 5.10 Å². The second-order valence-corrected chi connectivity index (χ2v) is 6.39. The van der Waals surface area contributed by atoms with Crippen LogP contribution in [-0.4, -0.2) is 15.3 Å². The Kier molecular flexibility index (Phi) is 3.52. The summed E-state index contributed by atoms with van der Waals surface area (Å²) in [4.78, 5) is 0. The lowest BCUT2D eigenvalue weighted by Gasteiger charge is -2.19. The topological polar surface area (TPSA) is 29.9 Å². The SMILES string of the molecule is CC(C)(C)NCc1ccn(-c2ccc3ccccc3c2)n1. The van der Waals surface area contributed by atoms with Gasteiger partial charge in [-0.15, -0.1) is 0 Å². The summed E-state index contributed by atoms with van der Waals surface area (Å²) >= 11 is 0. The molecule has 0 fully saturated rings. The van der Waals surface area contributed by atoms with Crippen molar-refractivity contribution in [1.82, 2.24) is 15.1 Å². The van der Waals surface area contributed by atoms with Gasteiger partial charge < -0.3 is 5.32 Å². The number of rotatable bonds is 3. The molecule has 0 spiro atoms. The molecule has 0 unspecified atom stereocenters. The van der Waals surface area contributed by atoms with Crippen molar-refractivity contribution < 1.29 is 0 Å². The molecule has 0 atom stereocenters. The second-order valence-electron chi connectivity index (χ2n) is 6.39. The number of hydrogen-bond donors (Lipinski definition) is 1. The van der Waals surface area contributed by atoms with E-state index in [9.17, 15) is 0 Å². The molecule has 0 radical (unpaired) electrons. The Morgan fingerprint density at radius 2 is 1.76 bits per heavy atom. The van der Waals surface area contributed by atoms with E-state index in [2.05, 4.69) is 79.7 Å². The van der Waals surface area contributed by atoms with Crippen LogP contribution < -0.4 is 5.32 Å². The zero-order valence-corrected chi connectivity index (χ0v) is 12.8. The van der Waals surface area contributed by atoms with Crippen molar-refractivity contribution in [3.8, 4) is 5.69 Å². The highest BCUT2D eigenvalue weighted by molar-refractivity contribution is 5.84. The largest absolute Gasteiger partial charge is 0.306 e. The van der Waals surface area contributed by atoms with Gasteiger partial charge in [0.2, 0.25) is 0 Å². The molecule has 3 nitrogen and oxygen atoms in total. The minimum absolute atomic E-state index is 0.104. The van der Waals surface area contributed by atoms with Crippen LogP contribution in [0.5, 0.6) is 0 Å². The molecule has 0 saturated carbocycles. The molecule has 1 heterocycles. The average Bonchev–Trinajstić information content (AvgIpc) is 2.93. The van der Waals surface area contributed by atoms with Gasteiger partial charge in [0.15, 0.2) is 0 Å². The van der Waals surface area contributed by atoms with Gasteiger partial charge in [-0.25, -0.2) is 4.68 Å². The van der Waals surface area contributed by atoms with Crippen molar-refractivity contribution in [2.45, 2.75) is 32.9 Å². The van der Waals surface area contributed by atoms with E-state index in [-0.39, 0.29) is 5.54 Å². The van der Waals surface area contributed by atoms with E-state index < -0.39 is 0 Å². The minimum Gasteiger partial charge on any atom is -0.306 e. The van der Waals surface area contributed by atoms with Gasteiger partial charge >= 0.3 is 0 Å². The molecule has 3 rings (SSSR count). The summed E-state index contributed by atoms with van der Waals surface area (Å²) in [7, 11) is 0. The van der Waals surface area contributed by atoms with Gasteiger partial charge in [0.1, 0.15) is 0 Å². The number of hydrogen-bond acceptors (Lipinski definition) is 2. The van der Waals surface area contributed by atoms with Gasteiger partial charge in [0.05, 0.1) is 11.4 Å². The van der Waals surface area contributed by atoms with Gasteiger partial charge in [-0.1, -0.05) is 30.3 Å². The van der Waals surface area contributed by atoms with E-state index in [0.717, 1.165) is 17.9 Å². The second kappa shape index (κ2) is 5.34. The highest BCUT2D eigenvalue weighted by atomic mass is 15.3. The summed E-state index contributed by atoms with van der Waals surface area (Å²) in [6, 6.07) is 16.9. The molecule has 0 bridgehead atoms. The molecule has 0 aliphatic carbocycles. The highest BCUT2D eigenvalue weighted by Gasteiger charge is 2.10. The van der Waals surface area contributed by atoms with Gasteiger partial charge in [0, 0.05) is 18.3 Å². The first-order valence-electron chi connectivity index (χ1n) is 7.30. The molecular formula is C18H21N3. The van der Waals surface area contributed by atoms with E-state index in [0.29, 0.717) is 0 Å². The Balaban J connectivity index is 1.84. The van der Waals surface area contributed by atoms with Crippen LogP contribution in [0.4, 0.5) is 0 Å². The zero-order valence-electron chi connectivity index (χ0n) is 12.8. The molecule has 0 saturated heterocycles. The summed E-state index contributed by atoms with van der Waals surface area (Å²) in [6.07, 6.45) is 2.02. The van der Waals surface area contributed by atoms with Crippen LogP contribution in [0.1, 0.15) is 26.5 Å². The van der Waals surface area contributed by atoms with Crippen LogP contribution in [0.25, 0.3) is 16.5 Å². The third-order valence-corrected chi connectivity index (χ3v) is 3.44. The normalized spacial score (nSPS) is 12.0. The van der Waals surface area contributed by atoms with Crippen molar-refractivity contribution in [2.24, 2.45) is 0 Å². The Morgan fingerprint density at radius 1 is 1.00 bits per heavy atom. The third-order valence-electron chi connectivity index (χ3n) is 3.44. The van der Waals surface area contributed by atoms with E-state index in [4.69, 9.17) is 0 Å². The first kappa shape index (κ1) is 13.8. The van der Waals surface area contributed by atoms with Crippen LogP contribution >= 0.6 is 0 Å². The first-order chi connectivity index (χ1) is 10.0. The molecular weight excluding hydrogens is 258 g/mol. The molecule has 3 aromatic rings. The summed E-state index contributed by atoms with van der Waals surface area (Å²) in [5.41, 5.74) is 2.25. The quantitative estimate of drug-likeness (QED) is 0.787. The molecule has 0 aliphatic rings. The van der Waals surface area contributed by atoms with E-state index in [1.165, 1.54) is 10.8 Å². The van der Waals surface area contributed by atoms with Crippen LogP contribution in [0.15, 0.2) is 54.7 Å². The smallest absolute Gasteiger partial charge is 0.0767 e. The predicted octanol–water partition coefficient (Wildman–Crippen LogP) is 3.91. The molecule has 2 aromatic carbocycles. The van der Waals surface area contributed by atoms with Crippen molar-refractivity contribution in [3.63, 3.8) is 0 Å². The van der Waals surface area contributed by atoms with E-state index >= 15 is 0 Å². The lowest BCUT2D eigenvalue weighted by atomic mass is 10.1. The molecule has 1 N–H and O–H groups in total. The van der Waals surface area contributed by atoms with Crippen LogP contribution in [0, 0.1) is 0 Å². The molecule has 0 aliphatic heterocycles. The molecule has 3 heteroatoms. The van der Waals surface area contributed by atoms with Crippen molar-refractivity contribution >= 4 is 10.8 Å². The maximum atomic E-state index is 4.64. The number of fused-ring (bicyclic) bond motifs is 1. The number of nitrogens with one attached hydrogen (secondary N) is 1. The highest BCUT2D eigenvalue weighted by Crippen LogP contribution is 2.18. The van der Waals surface area contributed by atoms with Crippen molar-refractivity contribution in [3.05, 3.63) is 60.4 Å². The number of nitrogens with zero attached hydrogens (tertiary/aromatic N) is 2. The number of benzene rings is 2. The van der Waals surface area contributed by atoms with Crippen LogP contribution in [0.3, 0.4) is 0 Å². The fourth-order valence-corrected chi connectivity index (χ4v) is 2.27. The minimum atomic E-state index is 0.104. The Labute approximate surface area is 125 Å². The number of aromatic nitrogens is 2. The van der Waals surface area contributed by atoms with E-state index in [1.54, 1.807) is 0 Å². The van der Waals surface area contributed by atoms with Crippen molar-refractivity contribution in [1.29, 1.82) is 0 Å². The fourth-order valence-electron chi connectivity index (χ4n) is 2.27. The Hall–Kier alpha value is -2.13. The monoisotopic (exact) mass is 279 g/mol. The molecule has 0 amide bonds. The lowest BCUT2D eigenvalue weighted by Crippen LogP contribution is -2.35. The summed E-state index contributed by atoms with van der Waals surface area (Å²) in [5.74, 6) is 0. The predicted molar refractivity (Wildman–Crippen MR) is 87.7 cm³/mol.